The quantitative estimate of drug-likeness (QED) is 0.820. The van der Waals surface area contributed by atoms with Crippen molar-refractivity contribution < 1.29 is 14.6 Å². The first-order valence-corrected chi connectivity index (χ1v) is 8.31. The summed E-state index contributed by atoms with van der Waals surface area (Å²) in [6, 6.07) is 7.11. The third-order valence-corrected chi connectivity index (χ3v) is 4.04. The minimum absolute atomic E-state index is 0.234. The average Bonchev–Trinajstić information content (AvgIpc) is 3.12. The average molecular weight is 339 g/mol. The molecule has 0 unspecified atom stereocenters. The maximum Gasteiger partial charge on any atom is 0.411 e. The van der Waals surface area contributed by atoms with Gasteiger partial charge in [-0.2, -0.15) is 0 Å². The number of aromatic nitrogens is 2. The maximum atomic E-state index is 12.4. The van der Waals surface area contributed by atoms with Crippen molar-refractivity contribution in [2.45, 2.75) is 44.9 Å². The lowest BCUT2D eigenvalue weighted by Gasteiger charge is -2.27. The molecule has 130 valence electrons. The van der Waals surface area contributed by atoms with Crippen molar-refractivity contribution in [3.63, 3.8) is 0 Å². The molecule has 2 heterocycles. The molecule has 2 radical (unpaired) electrons. The van der Waals surface area contributed by atoms with E-state index in [0.717, 1.165) is 11.3 Å². The normalized spacial score (nSPS) is 20.7. The van der Waals surface area contributed by atoms with Gasteiger partial charge in [0.1, 0.15) is 19.3 Å². The van der Waals surface area contributed by atoms with E-state index in [1.807, 2.05) is 45.0 Å². The van der Waals surface area contributed by atoms with Crippen LogP contribution < -0.4 is 5.46 Å². The predicted octanol–water partition coefficient (Wildman–Crippen LogP) is 1.91. The van der Waals surface area contributed by atoms with Crippen molar-refractivity contribution in [1.82, 2.24) is 14.9 Å². The molecule has 2 N–H and O–H groups in total. The van der Waals surface area contributed by atoms with Crippen LogP contribution in [0.5, 0.6) is 0 Å². The fourth-order valence-corrected chi connectivity index (χ4v) is 2.91. The Bertz CT molecular complexity index is 752. The first-order valence-electron chi connectivity index (χ1n) is 8.31. The van der Waals surface area contributed by atoms with Gasteiger partial charge in [0.2, 0.25) is 0 Å². The Morgan fingerprint density at radius 1 is 1.36 bits per heavy atom. The summed E-state index contributed by atoms with van der Waals surface area (Å²) in [4.78, 5) is 21.6. The third kappa shape index (κ3) is 4.04. The number of benzene rings is 1. The summed E-state index contributed by atoms with van der Waals surface area (Å²) in [7, 11) is 5.71. The highest BCUT2D eigenvalue weighted by molar-refractivity contribution is 6.32. The molecule has 2 aromatic rings. The molecule has 1 aliphatic heterocycles. The molecule has 7 heteroatoms. The van der Waals surface area contributed by atoms with Gasteiger partial charge in [-0.1, -0.05) is 29.7 Å². The van der Waals surface area contributed by atoms with Gasteiger partial charge in [0.25, 0.3) is 0 Å². The van der Waals surface area contributed by atoms with Crippen LogP contribution in [0.1, 0.15) is 39.1 Å². The van der Waals surface area contributed by atoms with Gasteiger partial charge < -0.3 is 14.8 Å². The zero-order chi connectivity index (χ0) is 18.2. The molecule has 6 nitrogen and oxygen atoms in total. The number of carbonyl (C=O) groups excluding carboxylic acids is 1. The Labute approximate surface area is 148 Å². The lowest BCUT2D eigenvalue weighted by atomic mass is 9.95. The Balaban J connectivity index is 1.82. The second-order valence-corrected chi connectivity index (χ2v) is 7.34. The number of amides is 1. The number of imidazole rings is 1. The molecule has 2 atom stereocenters. The zero-order valence-electron chi connectivity index (χ0n) is 14.7. The summed E-state index contributed by atoms with van der Waals surface area (Å²) in [6.07, 6.45) is 1.11. The number of β-amino-alcohol motifs (C(OH)–C–C–N with tert-alkyl or cyclic N) is 1. The molecule has 1 amide bonds. The van der Waals surface area contributed by atoms with Crippen molar-refractivity contribution in [3.05, 3.63) is 36.3 Å². The molecular weight excluding hydrogens is 317 g/mol. The number of hydrogen-bond donors (Lipinski definition) is 2. The number of carbonyl (C=O) groups is 1. The third-order valence-electron chi connectivity index (χ3n) is 4.04. The predicted molar refractivity (Wildman–Crippen MR) is 95.7 cm³/mol. The number of ether oxygens (including phenoxy) is 1. The second kappa shape index (κ2) is 6.56. The number of hydrogen-bond acceptors (Lipinski definition) is 4. The van der Waals surface area contributed by atoms with Crippen molar-refractivity contribution in [3.8, 4) is 11.3 Å². The molecule has 3 rings (SSSR count). The van der Waals surface area contributed by atoms with E-state index in [1.165, 1.54) is 4.90 Å². The van der Waals surface area contributed by atoms with Gasteiger partial charge in [0.05, 0.1) is 30.6 Å². The monoisotopic (exact) mass is 339 g/mol. The van der Waals surface area contributed by atoms with E-state index in [-0.39, 0.29) is 12.6 Å². The van der Waals surface area contributed by atoms with Crippen molar-refractivity contribution in [2.75, 3.05) is 6.54 Å². The summed E-state index contributed by atoms with van der Waals surface area (Å²) in [5, 5.41) is 10.0. The standard InChI is InChI=1S/C18H22BN3O3/c1-18(2,3)25-17(24)22-10-13(23)8-15(22)16-20-9-14(21-16)11-4-6-12(19)7-5-11/h4-7,9,13,15,23H,8,10H2,1-3H3,(H,20,21)/t13-,15-/m0/s1. The van der Waals surface area contributed by atoms with E-state index in [0.29, 0.717) is 17.7 Å². The van der Waals surface area contributed by atoms with E-state index >= 15 is 0 Å². The maximum absolute atomic E-state index is 12.4. The van der Waals surface area contributed by atoms with Crippen LogP contribution in [0.2, 0.25) is 0 Å². The smallest absolute Gasteiger partial charge is 0.411 e. The van der Waals surface area contributed by atoms with Gasteiger partial charge in [0.15, 0.2) is 0 Å². The van der Waals surface area contributed by atoms with Crippen molar-refractivity contribution >= 4 is 19.4 Å². The molecule has 1 saturated heterocycles. The van der Waals surface area contributed by atoms with E-state index in [4.69, 9.17) is 12.6 Å². The summed E-state index contributed by atoms with van der Waals surface area (Å²) >= 11 is 0. The van der Waals surface area contributed by atoms with Crippen LogP contribution in [-0.4, -0.2) is 52.2 Å². The highest BCUT2D eigenvalue weighted by Crippen LogP contribution is 2.33. The van der Waals surface area contributed by atoms with Gasteiger partial charge >= 0.3 is 6.09 Å². The van der Waals surface area contributed by atoms with Crippen LogP contribution in [0.25, 0.3) is 11.3 Å². The van der Waals surface area contributed by atoms with Crippen molar-refractivity contribution in [1.29, 1.82) is 0 Å². The summed E-state index contributed by atoms with van der Waals surface area (Å²) in [5.74, 6) is 0.634. The molecular formula is C18H22BN3O3. The van der Waals surface area contributed by atoms with E-state index in [9.17, 15) is 9.90 Å². The molecule has 1 aromatic heterocycles. The molecule has 25 heavy (non-hydrogen) atoms. The Kier molecular flexibility index (Phi) is 4.60. The number of aromatic amines is 1. The van der Waals surface area contributed by atoms with Gasteiger partial charge in [0, 0.05) is 6.42 Å². The second-order valence-electron chi connectivity index (χ2n) is 7.34. The Morgan fingerprint density at radius 2 is 2.04 bits per heavy atom. The summed E-state index contributed by atoms with van der Waals surface area (Å²) < 4.78 is 5.45. The number of likely N-dealkylation sites (tertiary alicyclic amines) is 1. The molecule has 0 aliphatic carbocycles. The number of aliphatic hydroxyl groups excluding tert-OH is 1. The molecule has 0 spiro atoms. The van der Waals surface area contributed by atoms with E-state index in [1.54, 1.807) is 6.20 Å². The highest BCUT2D eigenvalue weighted by atomic mass is 16.6. The molecule has 1 aliphatic rings. The largest absolute Gasteiger partial charge is 0.444 e. The van der Waals surface area contributed by atoms with Crippen LogP contribution >= 0.6 is 0 Å². The first-order chi connectivity index (χ1) is 11.7. The van der Waals surface area contributed by atoms with Gasteiger partial charge in [-0.3, -0.25) is 4.90 Å². The number of nitrogens with zero attached hydrogens (tertiary/aromatic N) is 2. The number of aliphatic hydroxyl groups is 1. The van der Waals surface area contributed by atoms with Gasteiger partial charge in [-0.05, 0) is 26.3 Å². The van der Waals surface area contributed by atoms with Gasteiger partial charge in [-0.15, -0.1) is 0 Å². The lowest BCUT2D eigenvalue weighted by molar-refractivity contribution is 0.0201. The van der Waals surface area contributed by atoms with Gasteiger partial charge in [-0.25, -0.2) is 9.78 Å². The fraction of sp³-hybridized carbons (Fsp3) is 0.444. The number of H-pyrrole nitrogens is 1. The van der Waals surface area contributed by atoms with E-state index in [2.05, 4.69) is 9.97 Å². The van der Waals surface area contributed by atoms with Crippen LogP contribution in [0.3, 0.4) is 0 Å². The first kappa shape index (κ1) is 17.5. The number of rotatable bonds is 2. The molecule has 0 saturated carbocycles. The molecule has 0 bridgehead atoms. The molecule has 1 aromatic carbocycles. The van der Waals surface area contributed by atoms with Crippen LogP contribution in [0, 0.1) is 0 Å². The summed E-state index contributed by atoms with van der Waals surface area (Å²) in [5.41, 5.74) is 1.89. The topological polar surface area (TPSA) is 78.5 Å². The van der Waals surface area contributed by atoms with E-state index < -0.39 is 17.8 Å². The summed E-state index contributed by atoms with van der Waals surface area (Å²) in [6.45, 7) is 5.69. The minimum atomic E-state index is -0.595. The Hall–Kier alpha value is -2.28. The SMILES string of the molecule is [B]c1ccc(-c2cnc([C@@H]3C[C@H](O)CN3C(=O)OC(C)(C)C)[nH]2)cc1. The zero-order valence-corrected chi connectivity index (χ0v) is 14.7. The Morgan fingerprint density at radius 3 is 2.68 bits per heavy atom. The fourth-order valence-electron chi connectivity index (χ4n) is 2.91. The van der Waals surface area contributed by atoms with Crippen LogP contribution in [0.15, 0.2) is 30.5 Å². The number of nitrogens with one attached hydrogen (secondary N) is 1. The highest BCUT2D eigenvalue weighted by Gasteiger charge is 2.39. The lowest BCUT2D eigenvalue weighted by Crippen LogP contribution is -2.37. The van der Waals surface area contributed by atoms with Crippen LogP contribution in [-0.2, 0) is 4.74 Å². The van der Waals surface area contributed by atoms with Crippen LogP contribution in [0.4, 0.5) is 4.79 Å². The molecule has 1 fully saturated rings. The minimum Gasteiger partial charge on any atom is -0.444 e. The van der Waals surface area contributed by atoms with Crippen molar-refractivity contribution in [2.24, 2.45) is 0 Å².